The summed E-state index contributed by atoms with van der Waals surface area (Å²) in [5.74, 6) is 3.02. The third kappa shape index (κ3) is 3.32. The lowest BCUT2D eigenvalue weighted by Crippen LogP contribution is -2.25. The number of nitrogens with zero attached hydrogens (tertiary/aromatic N) is 1. The topological polar surface area (TPSA) is 50.7 Å². The van der Waals surface area contributed by atoms with E-state index >= 15 is 0 Å². The monoisotopic (exact) mass is 300 g/mol. The van der Waals surface area contributed by atoms with Gasteiger partial charge in [-0.05, 0) is 55.7 Å². The van der Waals surface area contributed by atoms with E-state index in [0.29, 0.717) is 12.3 Å². The Hall–Kier alpha value is -1.84. The molecular formula is C18H24N2O2. The molecule has 0 aliphatic heterocycles. The zero-order valence-corrected chi connectivity index (χ0v) is 13.3. The van der Waals surface area contributed by atoms with Gasteiger partial charge in [0.25, 0.3) is 0 Å². The second-order valence-electron chi connectivity index (χ2n) is 6.59. The molecular weight excluding hydrogens is 276 g/mol. The maximum absolute atomic E-state index is 12.0. The molecule has 0 unspecified atom stereocenters. The van der Waals surface area contributed by atoms with Crippen LogP contribution in [-0.4, -0.2) is 18.7 Å². The number of hydrazone groups is 1. The highest BCUT2D eigenvalue weighted by molar-refractivity contribution is 5.87. The van der Waals surface area contributed by atoms with Crippen molar-refractivity contribution in [1.29, 1.82) is 0 Å². The number of carbonyl (C=O) groups is 1. The van der Waals surface area contributed by atoms with Crippen molar-refractivity contribution in [1.82, 2.24) is 5.43 Å². The molecule has 118 valence electrons. The molecule has 2 saturated carbocycles. The number of methoxy groups -OCH3 is 1. The van der Waals surface area contributed by atoms with Gasteiger partial charge >= 0.3 is 0 Å². The van der Waals surface area contributed by atoms with Crippen LogP contribution in [0.25, 0.3) is 0 Å². The summed E-state index contributed by atoms with van der Waals surface area (Å²) < 4.78 is 5.11. The Morgan fingerprint density at radius 1 is 1.27 bits per heavy atom. The molecule has 0 radical (unpaired) electrons. The molecule has 2 aliphatic carbocycles. The van der Waals surface area contributed by atoms with E-state index in [1.54, 1.807) is 7.11 Å². The molecule has 3 rings (SSSR count). The average Bonchev–Trinajstić information content (AvgIpc) is 3.16. The summed E-state index contributed by atoms with van der Waals surface area (Å²) in [5.41, 5.74) is 4.77. The second-order valence-corrected chi connectivity index (χ2v) is 6.59. The molecule has 22 heavy (non-hydrogen) atoms. The highest BCUT2D eigenvalue weighted by Gasteiger charge is 2.40. The highest BCUT2D eigenvalue weighted by Crippen LogP contribution is 2.48. The lowest BCUT2D eigenvalue weighted by Gasteiger charge is -2.21. The van der Waals surface area contributed by atoms with Gasteiger partial charge in [0.2, 0.25) is 5.91 Å². The zero-order chi connectivity index (χ0) is 15.5. The highest BCUT2D eigenvalue weighted by atomic mass is 16.5. The van der Waals surface area contributed by atoms with Crippen LogP contribution < -0.4 is 10.2 Å². The van der Waals surface area contributed by atoms with Crippen molar-refractivity contribution in [2.75, 3.05) is 7.11 Å². The molecule has 2 fully saturated rings. The fraction of sp³-hybridized carbons (Fsp3) is 0.556. The Morgan fingerprint density at radius 3 is 2.64 bits per heavy atom. The van der Waals surface area contributed by atoms with E-state index < -0.39 is 0 Å². The Balaban J connectivity index is 1.51. The number of ether oxygens (including phenoxy) is 1. The van der Waals surface area contributed by atoms with Crippen LogP contribution in [0, 0.1) is 17.8 Å². The van der Waals surface area contributed by atoms with Crippen molar-refractivity contribution in [3.8, 4) is 5.75 Å². The van der Waals surface area contributed by atoms with Crippen molar-refractivity contribution in [3.05, 3.63) is 29.8 Å². The normalized spacial score (nSPS) is 27.0. The van der Waals surface area contributed by atoms with Crippen LogP contribution in [0.1, 0.15) is 38.2 Å². The van der Waals surface area contributed by atoms with Crippen LogP contribution in [-0.2, 0) is 11.2 Å². The maximum atomic E-state index is 12.0. The van der Waals surface area contributed by atoms with Gasteiger partial charge in [0.05, 0.1) is 13.5 Å². The molecule has 0 spiro atoms. The average molecular weight is 300 g/mol. The first-order chi connectivity index (χ1) is 10.7. The minimum atomic E-state index is -0.0623. The molecule has 0 saturated heterocycles. The minimum absolute atomic E-state index is 0.0623. The van der Waals surface area contributed by atoms with E-state index in [4.69, 9.17) is 4.74 Å². The van der Waals surface area contributed by atoms with Gasteiger partial charge in [-0.15, -0.1) is 0 Å². The Kier molecular flexibility index (Phi) is 4.46. The van der Waals surface area contributed by atoms with Gasteiger partial charge in [0.15, 0.2) is 0 Å². The Morgan fingerprint density at radius 2 is 2.05 bits per heavy atom. The number of hydrogen-bond acceptors (Lipinski definition) is 3. The van der Waals surface area contributed by atoms with Gasteiger partial charge in [-0.25, -0.2) is 5.43 Å². The summed E-state index contributed by atoms with van der Waals surface area (Å²) in [5, 5.41) is 4.35. The first kappa shape index (κ1) is 15.1. The molecule has 1 amide bonds. The molecule has 4 heteroatoms. The summed E-state index contributed by atoms with van der Waals surface area (Å²) in [7, 11) is 1.63. The summed E-state index contributed by atoms with van der Waals surface area (Å²) in [6, 6.07) is 7.55. The van der Waals surface area contributed by atoms with Gasteiger partial charge in [0.1, 0.15) is 5.75 Å². The third-order valence-electron chi connectivity index (χ3n) is 5.16. The van der Waals surface area contributed by atoms with E-state index in [-0.39, 0.29) is 5.91 Å². The van der Waals surface area contributed by atoms with E-state index in [2.05, 4.69) is 17.5 Å². The molecule has 0 heterocycles. The molecule has 2 bridgehead atoms. The summed E-state index contributed by atoms with van der Waals surface area (Å²) in [4.78, 5) is 12.0. The number of carbonyl (C=O) groups excluding carboxylic acids is 1. The van der Waals surface area contributed by atoms with Crippen LogP contribution in [0.3, 0.4) is 0 Å². The molecule has 1 N–H and O–H groups in total. The number of hydrogen-bond donors (Lipinski definition) is 1. The first-order valence-electron chi connectivity index (χ1n) is 8.11. The molecule has 1 aromatic rings. The van der Waals surface area contributed by atoms with E-state index in [9.17, 15) is 4.79 Å². The van der Waals surface area contributed by atoms with Crippen LogP contribution in [0.15, 0.2) is 29.4 Å². The third-order valence-corrected chi connectivity index (χ3v) is 5.16. The lowest BCUT2D eigenvalue weighted by molar-refractivity contribution is -0.120. The predicted molar refractivity (Wildman–Crippen MR) is 86.9 cm³/mol. The summed E-state index contributed by atoms with van der Waals surface area (Å²) in [6.45, 7) is 2.05. The SMILES string of the molecule is COc1ccc(CC(=O)N/N=C(\C)[C@@H]2C[C@@H]3CC[C@@H]2C3)cc1. The van der Waals surface area contributed by atoms with E-state index in [1.807, 2.05) is 24.3 Å². The van der Waals surface area contributed by atoms with Crippen LogP contribution in [0.2, 0.25) is 0 Å². The van der Waals surface area contributed by atoms with Crippen LogP contribution >= 0.6 is 0 Å². The van der Waals surface area contributed by atoms with E-state index in [0.717, 1.165) is 28.9 Å². The molecule has 1 aromatic carbocycles. The summed E-state index contributed by atoms with van der Waals surface area (Å²) in [6.07, 6.45) is 5.68. The van der Waals surface area contributed by atoms with Crippen molar-refractivity contribution in [2.24, 2.45) is 22.9 Å². The van der Waals surface area contributed by atoms with Crippen molar-refractivity contribution in [3.63, 3.8) is 0 Å². The number of benzene rings is 1. The lowest BCUT2D eigenvalue weighted by atomic mass is 9.86. The van der Waals surface area contributed by atoms with Gasteiger partial charge < -0.3 is 4.74 Å². The molecule has 3 atom stereocenters. The summed E-state index contributed by atoms with van der Waals surface area (Å²) >= 11 is 0. The fourth-order valence-corrected chi connectivity index (χ4v) is 3.96. The predicted octanol–water partition coefficient (Wildman–Crippen LogP) is 3.17. The van der Waals surface area contributed by atoms with Gasteiger partial charge in [-0.2, -0.15) is 5.10 Å². The minimum Gasteiger partial charge on any atom is -0.497 e. The molecule has 0 aromatic heterocycles. The smallest absolute Gasteiger partial charge is 0.244 e. The van der Waals surface area contributed by atoms with Crippen LogP contribution in [0.5, 0.6) is 5.75 Å². The number of amides is 1. The maximum Gasteiger partial charge on any atom is 0.244 e. The largest absolute Gasteiger partial charge is 0.497 e. The Bertz CT molecular complexity index is 565. The number of fused-ring (bicyclic) bond motifs is 2. The van der Waals surface area contributed by atoms with Crippen molar-refractivity contribution in [2.45, 2.75) is 39.0 Å². The van der Waals surface area contributed by atoms with Gasteiger partial charge in [-0.3, -0.25) is 4.79 Å². The van der Waals surface area contributed by atoms with Gasteiger partial charge in [-0.1, -0.05) is 18.6 Å². The quantitative estimate of drug-likeness (QED) is 0.671. The molecule has 2 aliphatic rings. The fourth-order valence-electron chi connectivity index (χ4n) is 3.96. The molecule has 4 nitrogen and oxygen atoms in total. The standard InChI is InChI=1S/C18H24N2O2/c1-12(17-10-14-3-6-15(17)9-14)19-20-18(21)11-13-4-7-16(22-2)8-5-13/h4-5,7-8,14-15,17H,3,6,9-11H2,1-2H3,(H,20,21)/b19-12+/t14-,15-,17+/m1/s1. The number of nitrogens with one attached hydrogen (secondary N) is 1. The zero-order valence-electron chi connectivity index (χ0n) is 13.3. The number of rotatable bonds is 5. The van der Waals surface area contributed by atoms with E-state index in [1.165, 1.54) is 25.7 Å². The van der Waals surface area contributed by atoms with Crippen LogP contribution in [0.4, 0.5) is 0 Å². The Labute approximate surface area is 131 Å². The first-order valence-corrected chi connectivity index (χ1v) is 8.11. The van der Waals surface area contributed by atoms with Crippen molar-refractivity contribution < 1.29 is 9.53 Å². The van der Waals surface area contributed by atoms with Gasteiger partial charge in [0, 0.05) is 11.6 Å². The van der Waals surface area contributed by atoms with Crippen molar-refractivity contribution >= 4 is 11.6 Å². The second kappa shape index (κ2) is 6.51.